The summed E-state index contributed by atoms with van der Waals surface area (Å²) in [5.41, 5.74) is 1.79. The molecule has 0 aliphatic carbocycles. The van der Waals surface area contributed by atoms with Crippen LogP contribution in [0, 0.1) is 6.92 Å². The van der Waals surface area contributed by atoms with Gasteiger partial charge in [-0.05, 0) is 47.9 Å². The van der Waals surface area contributed by atoms with Crippen LogP contribution in [0.5, 0.6) is 11.5 Å². The van der Waals surface area contributed by atoms with Gasteiger partial charge >= 0.3 is 5.97 Å². The number of aliphatic carboxylic acids is 1. The van der Waals surface area contributed by atoms with Gasteiger partial charge in [0.15, 0.2) is 11.5 Å². The predicted molar refractivity (Wildman–Crippen MR) is 94.4 cm³/mol. The zero-order chi connectivity index (χ0) is 18.7. The molecule has 0 saturated carbocycles. The number of fused-ring (bicyclic) bond motifs is 1. The summed E-state index contributed by atoms with van der Waals surface area (Å²) in [5, 5.41) is 8.70. The van der Waals surface area contributed by atoms with Crippen molar-refractivity contribution in [3.63, 3.8) is 0 Å². The topological polar surface area (TPSA) is 102 Å². The van der Waals surface area contributed by atoms with Crippen molar-refractivity contribution in [2.75, 3.05) is 6.79 Å². The number of sulfonamides is 1. The Bertz CT molecular complexity index is 981. The van der Waals surface area contributed by atoms with E-state index < -0.39 is 16.0 Å². The molecule has 2 aromatic rings. The Balaban J connectivity index is 1.79. The highest BCUT2D eigenvalue weighted by Gasteiger charge is 2.18. The fourth-order valence-corrected chi connectivity index (χ4v) is 3.78. The van der Waals surface area contributed by atoms with E-state index in [2.05, 4.69) is 4.72 Å². The van der Waals surface area contributed by atoms with E-state index in [4.69, 9.17) is 14.6 Å². The number of hydrogen-bond acceptors (Lipinski definition) is 5. The van der Waals surface area contributed by atoms with Gasteiger partial charge in [-0.25, -0.2) is 17.9 Å². The molecule has 7 nitrogen and oxygen atoms in total. The van der Waals surface area contributed by atoms with Crippen molar-refractivity contribution in [2.45, 2.75) is 18.4 Å². The van der Waals surface area contributed by atoms with Crippen molar-refractivity contribution in [2.24, 2.45) is 0 Å². The van der Waals surface area contributed by atoms with Crippen molar-refractivity contribution < 1.29 is 27.8 Å². The maximum absolute atomic E-state index is 12.6. The Kier molecular flexibility index (Phi) is 4.97. The molecule has 26 heavy (non-hydrogen) atoms. The summed E-state index contributed by atoms with van der Waals surface area (Å²) in [6.07, 6.45) is 2.31. The quantitative estimate of drug-likeness (QED) is 0.751. The maximum Gasteiger partial charge on any atom is 0.328 e. The predicted octanol–water partition coefficient (Wildman–Crippen LogP) is 2.30. The van der Waals surface area contributed by atoms with Crippen LogP contribution >= 0.6 is 0 Å². The lowest BCUT2D eigenvalue weighted by Crippen LogP contribution is -2.24. The monoisotopic (exact) mass is 375 g/mol. The Hall–Kier alpha value is -2.84. The normalized spacial score (nSPS) is 13.3. The van der Waals surface area contributed by atoms with E-state index in [9.17, 15) is 13.2 Å². The molecule has 0 amide bonds. The van der Waals surface area contributed by atoms with Gasteiger partial charge in [-0.2, -0.15) is 0 Å². The lowest BCUT2D eigenvalue weighted by Gasteiger charge is -2.11. The average Bonchev–Trinajstić information content (AvgIpc) is 3.07. The first-order chi connectivity index (χ1) is 12.3. The molecular formula is C18H17NO6S. The van der Waals surface area contributed by atoms with Gasteiger partial charge in [0.25, 0.3) is 0 Å². The molecular weight excluding hydrogens is 358 g/mol. The summed E-state index contributed by atoms with van der Waals surface area (Å²) < 4.78 is 38.3. The molecule has 8 heteroatoms. The number of hydrogen-bond donors (Lipinski definition) is 2. The van der Waals surface area contributed by atoms with Gasteiger partial charge in [0, 0.05) is 12.6 Å². The molecule has 136 valence electrons. The largest absolute Gasteiger partial charge is 0.478 e. The molecule has 0 saturated heterocycles. The molecule has 3 rings (SSSR count). The van der Waals surface area contributed by atoms with Crippen LogP contribution in [0.1, 0.15) is 16.7 Å². The number of carboxylic acid groups (broad SMARTS) is 1. The molecule has 1 heterocycles. The highest BCUT2D eigenvalue weighted by Crippen LogP contribution is 2.32. The minimum Gasteiger partial charge on any atom is -0.478 e. The second kappa shape index (κ2) is 7.19. The van der Waals surface area contributed by atoms with Crippen molar-refractivity contribution in [3.8, 4) is 11.5 Å². The first-order valence-corrected chi connectivity index (χ1v) is 9.23. The summed E-state index contributed by atoms with van der Waals surface area (Å²) in [4.78, 5) is 10.7. The fourth-order valence-electron chi connectivity index (χ4n) is 2.48. The number of rotatable bonds is 6. The van der Waals surface area contributed by atoms with Gasteiger partial charge < -0.3 is 14.6 Å². The molecule has 1 aliphatic rings. The number of benzene rings is 2. The summed E-state index contributed by atoms with van der Waals surface area (Å²) in [6, 6.07) is 9.95. The zero-order valence-corrected chi connectivity index (χ0v) is 14.7. The van der Waals surface area contributed by atoms with Gasteiger partial charge in [0.05, 0.1) is 4.90 Å². The molecule has 0 aromatic heterocycles. The van der Waals surface area contributed by atoms with Crippen LogP contribution in [0.2, 0.25) is 0 Å². The number of aryl methyl sites for hydroxylation is 1. The first kappa shape index (κ1) is 18.0. The van der Waals surface area contributed by atoms with E-state index in [1.54, 1.807) is 37.3 Å². The summed E-state index contributed by atoms with van der Waals surface area (Å²) >= 11 is 0. The molecule has 0 bridgehead atoms. The van der Waals surface area contributed by atoms with Crippen LogP contribution < -0.4 is 14.2 Å². The molecule has 2 aromatic carbocycles. The molecule has 0 unspecified atom stereocenters. The van der Waals surface area contributed by atoms with Gasteiger partial charge in [-0.15, -0.1) is 0 Å². The SMILES string of the molecule is Cc1ccc(C=CC(=O)O)cc1S(=O)(=O)NCc1ccc2c(c1)OCO2. The fraction of sp³-hybridized carbons (Fsp3) is 0.167. The van der Waals surface area contributed by atoms with Crippen LogP contribution in [0.25, 0.3) is 6.08 Å². The van der Waals surface area contributed by atoms with E-state index >= 15 is 0 Å². The third kappa shape index (κ3) is 4.04. The van der Waals surface area contributed by atoms with E-state index in [0.29, 0.717) is 22.6 Å². The van der Waals surface area contributed by atoms with Gasteiger partial charge in [-0.1, -0.05) is 18.2 Å². The van der Waals surface area contributed by atoms with Crippen molar-refractivity contribution in [1.82, 2.24) is 4.72 Å². The van der Waals surface area contributed by atoms with Crippen molar-refractivity contribution >= 4 is 22.1 Å². The van der Waals surface area contributed by atoms with Gasteiger partial charge in [-0.3, -0.25) is 0 Å². The van der Waals surface area contributed by atoms with E-state index in [1.165, 1.54) is 12.1 Å². The standard InChI is InChI=1S/C18H17NO6S/c1-12-2-3-13(5-7-18(20)21)9-17(12)26(22,23)19-10-14-4-6-15-16(8-14)25-11-24-15/h2-9,19H,10-11H2,1H3,(H,20,21). The van der Waals surface area contributed by atoms with Crippen LogP contribution in [-0.2, 0) is 21.4 Å². The Labute approximate surface area is 150 Å². The molecule has 0 atom stereocenters. The van der Waals surface area contributed by atoms with E-state index in [0.717, 1.165) is 11.6 Å². The average molecular weight is 375 g/mol. The van der Waals surface area contributed by atoms with Crippen molar-refractivity contribution in [3.05, 3.63) is 59.2 Å². The van der Waals surface area contributed by atoms with Crippen molar-refractivity contribution in [1.29, 1.82) is 0 Å². The smallest absolute Gasteiger partial charge is 0.328 e. The third-order valence-corrected chi connectivity index (χ3v) is 5.37. The number of carbonyl (C=O) groups is 1. The summed E-state index contributed by atoms with van der Waals surface area (Å²) in [6.45, 7) is 1.92. The molecule has 0 spiro atoms. The van der Waals surface area contributed by atoms with E-state index in [-0.39, 0.29) is 18.2 Å². The number of carboxylic acids is 1. The van der Waals surface area contributed by atoms with Crippen LogP contribution in [-0.4, -0.2) is 26.3 Å². The molecule has 1 aliphatic heterocycles. The summed E-state index contributed by atoms with van der Waals surface area (Å²) in [7, 11) is -3.77. The number of ether oxygens (including phenoxy) is 2. The third-order valence-electron chi connectivity index (χ3n) is 3.82. The van der Waals surface area contributed by atoms with Gasteiger partial charge in [0.2, 0.25) is 16.8 Å². The molecule has 2 N–H and O–H groups in total. The lowest BCUT2D eigenvalue weighted by atomic mass is 10.1. The second-order valence-corrected chi connectivity index (χ2v) is 7.44. The number of nitrogens with one attached hydrogen (secondary N) is 1. The zero-order valence-electron chi connectivity index (χ0n) is 13.9. The minimum atomic E-state index is -3.77. The first-order valence-electron chi connectivity index (χ1n) is 7.75. The Morgan fingerprint density at radius 2 is 1.96 bits per heavy atom. The van der Waals surface area contributed by atoms with Crippen LogP contribution in [0.15, 0.2) is 47.4 Å². The minimum absolute atomic E-state index is 0.0909. The highest BCUT2D eigenvalue weighted by atomic mass is 32.2. The second-order valence-electron chi connectivity index (χ2n) is 5.71. The van der Waals surface area contributed by atoms with E-state index in [1.807, 2.05) is 0 Å². The lowest BCUT2D eigenvalue weighted by molar-refractivity contribution is -0.131. The molecule has 0 fully saturated rings. The molecule has 0 radical (unpaired) electrons. The van der Waals surface area contributed by atoms with Crippen LogP contribution in [0.4, 0.5) is 0 Å². The Morgan fingerprint density at radius 3 is 2.73 bits per heavy atom. The highest BCUT2D eigenvalue weighted by molar-refractivity contribution is 7.89. The van der Waals surface area contributed by atoms with Crippen LogP contribution in [0.3, 0.4) is 0 Å². The maximum atomic E-state index is 12.6. The van der Waals surface area contributed by atoms with Gasteiger partial charge in [0.1, 0.15) is 0 Å². The Morgan fingerprint density at radius 1 is 1.19 bits per heavy atom. The summed E-state index contributed by atoms with van der Waals surface area (Å²) in [5.74, 6) is 0.111.